The fraction of sp³-hybridized carbons (Fsp3) is 0.355. The normalized spacial score (nSPS) is 16.8. The van der Waals surface area contributed by atoms with Crippen LogP contribution in [-0.2, 0) is 6.18 Å². The van der Waals surface area contributed by atoms with Gasteiger partial charge in [0.1, 0.15) is 11.3 Å². The summed E-state index contributed by atoms with van der Waals surface area (Å²) in [5, 5.41) is 14.2. The summed E-state index contributed by atoms with van der Waals surface area (Å²) in [6, 6.07) is 12.9. The van der Waals surface area contributed by atoms with Crippen LogP contribution in [0.25, 0.3) is 16.9 Å². The average Bonchev–Trinajstić information content (AvgIpc) is 3.39. The number of halogens is 3. The largest absolute Gasteiger partial charge is 0.497 e. The molecule has 12 heteroatoms. The van der Waals surface area contributed by atoms with Gasteiger partial charge in [-0.3, -0.25) is 14.5 Å². The van der Waals surface area contributed by atoms with Crippen molar-refractivity contribution in [3.8, 4) is 17.0 Å². The summed E-state index contributed by atoms with van der Waals surface area (Å²) in [6.45, 7) is 5.55. The molecule has 4 aromatic rings. The summed E-state index contributed by atoms with van der Waals surface area (Å²) in [7, 11) is 1.49. The minimum absolute atomic E-state index is 0.0339. The molecule has 0 spiro atoms. The summed E-state index contributed by atoms with van der Waals surface area (Å²) in [5.74, 6) is -0.0170. The van der Waals surface area contributed by atoms with Gasteiger partial charge in [0, 0.05) is 42.4 Å². The zero-order valence-corrected chi connectivity index (χ0v) is 24.2. The number of aliphatic hydroxyl groups is 1. The van der Waals surface area contributed by atoms with Crippen molar-refractivity contribution < 1.29 is 32.6 Å². The van der Waals surface area contributed by atoms with Crippen LogP contribution in [0.5, 0.6) is 5.75 Å². The number of amides is 1. The van der Waals surface area contributed by atoms with Gasteiger partial charge in [0.15, 0.2) is 17.1 Å². The van der Waals surface area contributed by atoms with E-state index in [2.05, 4.69) is 10.1 Å². The predicted octanol–water partition coefficient (Wildman–Crippen LogP) is 4.81. The molecule has 0 aliphatic carbocycles. The van der Waals surface area contributed by atoms with Gasteiger partial charge in [-0.1, -0.05) is 18.2 Å². The third kappa shape index (κ3) is 5.72. The number of fused-ring (bicyclic) bond motifs is 1. The van der Waals surface area contributed by atoms with Gasteiger partial charge < -0.3 is 14.7 Å². The van der Waals surface area contributed by atoms with Gasteiger partial charge in [0.25, 0.3) is 5.91 Å². The molecule has 43 heavy (non-hydrogen) atoms. The maximum Gasteiger partial charge on any atom is 0.433 e. The molecular formula is C31H32F3N5O4. The number of hydrogen-bond acceptors (Lipinski definition) is 7. The van der Waals surface area contributed by atoms with Crippen LogP contribution in [0, 0.1) is 6.92 Å². The van der Waals surface area contributed by atoms with Gasteiger partial charge in [-0.25, -0.2) is 9.50 Å². The van der Waals surface area contributed by atoms with Crippen molar-refractivity contribution in [2.75, 3.05) is 33.4 Å². The Bertz CT molecular complexity index is 1670. The van der Waals surface area contributed by atoms with Gasteiger partial charge in [0.2, 0.25) is 0 Å². The molecule has 9 nitrogen and oxygen atoms in total. The number of aromatic nitrogens is 3. The van der Waals surface area contributed by atoms with E-state index < -0.39 is 17.8 Å². The monoisotopic (exact) mass is 595 g/mol. The molecule has 1 saturated heterocycles. The van der Waals surface area contributed by atoms with Crippen LogP contribution in [0.15, 0.2) is 54.7 Å². The number of ether oxygens (including phenoxy) is 1. The molecule has 1 fully saturated rings. The van der Waals surface area contributed by atoms with Crippen molar-refractivity contribution >= 4 is 17.3 Å². The van der Waals surface area contributed by atoms with Crippen molar-refractivity contribution in [1.29, 1.82) is 0 Å². The van der Waals surface area contributed by atoms with Crippen LogP contribution in [0.2, 0.25) is 0 Å². The highest BCUT2D eigenvalue weighted by Crippen LogP contribution is 2.37. The second-order valence-electron chi connectivity index (χ2n) is 10.7. The van der Waals surface area contributed by atoms with Crippen LogP contribution in [0.1, 0.15) is 57.4 Å². The van der Waals surface area contributed by atoms with Crippen molar-refractivity contribution in [3.05, 3.63) is 82.7 Å². The number of alkyl halides is 3. The Hall–Kier alpha value is -4.29. The number of aliphatic hydroxyl groups excluding tert-OH is 1. The first-order valence-electron chi connectivity index (χ1n) is 13.8. The van der Waals surface area contributed by atoms with Crippen LogP contribution in [-0.4, -0.2) is 80.6 Å². The summed E-state index contributed by atoms with van der Waals surface area (Å²) >= 11 is 0. The Morgan fingerprint density at radius 2 is 1.86 bits per heavy atom. The quantitative estimate of drug-likeness (QED) is 0.306. The second kappa shape index (κ2) is 11.8. The SMILES string of the molecule is COc1ccc(-c2nc3c(C(=O)N4CCN(C(CO)c5cccc(C(C)=O)c5)C[C@H]4C)cnn3c(C(F)(F)F)c2C)cc1. The van der Waals surface area contributed by atoms with E-state index >= 15 is 0 Å². The Morgan fingerprint density at radius 3 is 2.47 bits per heavy atom. The molecule has 1 N–H and O–H groups in total. The molecule has 1 amide bonds. The highest BCUT2D eigenvalue weighted by molar-refractivity contribution is 6.00. The van der Waals surface area contributed by atoms with Crippen LogP contribution >= 0.6 is 0 Å². The smallest absolute Gasteiger partial charge is 0.433 e. The van der Waals surface area contributed by atoms with E-state index in [1.54, 1.807) is 47.4 Å². The molecule has 0 radical (unpaired) electrons. The van der Waals surface area contributed by atoms with E-state index in [-0.39, 0.29) is 53.5 Å². The highest BCUT2D eigenvalue weighted by atomic mass is 19.4. The summed E-state index contributed by atoms with van der Waals surface area (Å²) < 4.78 is 48.9. The number of hydrogen-bond donors (Lipinski definition) is 1. The number of carbonyl (C=O) groups is 2. The minimum atomic E-state index is -4.75. The number of ketones is 1. The van der Waals surface area contributed by atoms with E-state index in [9.17, 15) is 27.9 Å². The van der Waals surface area contributed by atoms with E-state index in [0.29, 0.717) is 34.5 Å². The molecule has 2 aromatic carbocycles. The van der Waals surface area contributed by atoms with Crippen LogP contribution < -0.4 is 4.74 Å². The maximum atomic E-state index is 14.3. The Morgan fingerprint density at radius 1 is 1.14 bits per heavy atom. The van der Waals surface area contributed by atoms with Crippen molar-refractivity contribution in [3.63, 3.8) is 0 Å². The second-order valence-corrected chi connectivity index (χ2v) is 10.7. The lowest BCUT2D eigenvalue weighted by Crippen LogP contribution is -2.55. The summed E-state index contributed by atoms with van der Waals surface area (Å²) in [4.78, 5) is 33.9. The lowest BCUT2D eigenvalue weighted by Gasteiger charge is -2.43. The molecule has 226 valence electrons. The molecule has 3 heterocycles. The Balaban J connectivity index is 1.47. The van der Waals surface area contributed by atoms with Gasteiger partial charge in [-0.15, -0.1) is 0 Å². The summed E-state index contributed by atoms with van der Waals surface area (Å²) in [6.07, 6.45) is -3.61. The van der Waals surface area contributed by atoms with E-state index in [4.69, 9.17) is 4.74 Å². The third-order valence-electron chi connectivity index (χ3n) is 7.96. The average molecular weight is 596 g/mol. The first-order chi connectivity index (χ1) is 20.4. The molecule has 1 aliphatic heterocycles. The van der Waals surface area contributed by atoms with Gasteiger partial charge in [-0.05, 0) is 56.7 Å². The topological polar surface area (TPSA) is 100 Å². The first kappa shape index (κ1) is 30.2. The highest BCUT2D eigenvalue weighted by Gasteiger charge is 2.39. The Kier molecular flexibility index (Phi) is 8.26. The molecule has 0 saturated carbocycles. The van der Waals surface area contributed by atoms with Gasteiger partial charge >= 0.3 is 6.18 Å². The number of nitrogens with zero attached hydrogens (tertiary/aromatic N) is 5. The fourth-order valence-electron chi connectivity index (χ4n) is 5.71. The van der Waals surface area contributed by atoms with Crippen molar-refractivity contribution in [2.24, 2.45) is 0 Å². The number of carbonyl (C=O) groups excluding carboxylic acids is 2. The lowest BCUT2D eigenvalue weighted by atomic mass is 10.00. The number of methoxy groups -OCH3 is 1. The lowest BCUT2D eigenvalue weighted by molar-refractivity contribution is -0.143. The van der Waals surface area contributed by atoms with Crippen molar-refractivity contribution in [2.45, 2.75) is 39.0 Å². The third-order valence-corrected chi connectivity index (χ3v) is 7.96. The molecule has 1 unspecified atom stereocenters. The van der Waals surface area contributed by atoms with Crippen LogP contribution in [0.3, 0.4) is 0 Å². The van der Waals surface area contributed by atoms with E-state index in [0.717, 1.165) is 11.8 Å². The molecule has 2 atom stereocenters. The Labute approximate surface area is 246 Å². The standard InChI is InChI=1S/C31H32F3N5O4/c1-18-16-37(26(17-40)23-7-5-6-22(14-23)20(3)41)12-13-38(18)30(42)25-15-35-39-28(31(32,33)34)19(2)27(36-29(25)39)21-8-10-24(43-4)11-9-21/h5-11,14-15,18,26,40H,12-13,16-17H2,1-4H3/t18-,26?/m1/s1. The molecule has 1 aliphatic rings. The summed E-state index contributed by atoms with van der Waals surface area (Å²) in [5.41, 5.74) is 0.532. The zero-order chi connectivity index (χ0) is 31.1. The molecule has 0 bridgehead atoms. The maximum absolute atomic E-state index is 14.3. The first-order valence-corrected chi connectivity index (χ1v) is 13.8. The number of benzene rings is 2. The number of rotatable bonds is 7. The molecule has 5 rings (SSSR count). The predicted molar refractivity (Wildman–Crippen MR) is 153 cm³/mol. The zero-order valence-electron chi connectivity index (χ0n) is 24.2. The molecule has 2 aromatic heterocycles. The van der Waals surface area contributed by atoms with Gasteiger partial charge in [0.05, 0.1) is 31.6 Å². The number of piperazine rings is 1. The number of Topliss-reactive ketones (excluding diaryl/α,β-unsaturated/α-hetero) is 1. The van der Waals surface area contributed by atoms with Crippen molar-refractivity contribution in [1.82, 2.24) is 24.4 Å². The minimum Gasteiger partial charge on any atom is -0.497 e. The van der Waals surface area contributed by atoms with Gasteiger partial charge in [-0.2, -0.15) is 18.3 Å². The van der Waals surface area contributed by atoms with Crippen LogP contribution in [0.4, 0.5) is 13.2 Å². The molecular weight excluding hydrogens is 563 g/mol. The fourth-order valence-corrected chi connectivity index (χ4v) is 5.71. The van der Waals surface area contributed by atoms with E-state index in [1.165, 1.54) is 21.0 Å². The van der Waals surface area contributed by atoms with E-state index in [1.807, 2.05) is 17.9 Å².